The SMILES string of the molecule is COCCOCCC1(CCOCCOC)c2cc(NC(=O)OCc3ccc(C)cc3)ccc2-c2ccc(-c3nc4ccccc4s3)cc21. The fraction of sp³-hybridized carbons (Fsp3) is 0.333. The molecule has 1 aromatic heterocycles. The molecule has 0 radical (unpaired) electrons. The van der Waals surface area contributed by atoms with Gasteiger partial charge in [0.2, 0.25) is 0 Å². The van der Waals surface area contributed by atoms with Crippen LogP contribution in [0.4, 0.5) is 10.5 Å². The highest BCUT2D eigenvalue weighted by Crippen LogP contribution is 2.54. The van der Waals surface area contributed by atoms with Crippen LogP contribution in [0.1, 0.15) is 35.1 Å². The van der Waals surface area contributed by atoms with Gasteiger partial charge in [-0.2, -0.15) is 0 Å². The third-order valence-electron chi connectivity index (χ3n) is 8.85. The van der Waals surface area contributed by atoms with Gasteiger partial charge in [-0.05, 0) is 77.9 Å². The number of aryl methyl sites for hydroxylation is 1. The molecule has 1 N–H and O–H groups in total. The minimum Gasteiger partial charge on any atom is -0.444 e. The number of thiazole rings is 1. The van der Waals surface area contributed by atoms with Crippen molar-refractivity contribution in [3.63, 3.8) is 0 Å². The van der Waals surface area contributed by atoms with Crippen LogP contribution in [-0.4, -0.2) is 64.9 Å². The maximum Gasteiger partial charge on any atom is 0.411 e. The number of rotatable bonds is 16. The molecule has 48 heavy (non-hydrogen) atoms. The monoisotopic (exact) mass is 666 g/mol. The number of ether oxygens (including phenoxy) is 5. The van der Waals surface area contributed by atoms with Crippen LogP contribution in [-0.2, 0) is 35.7 Å². The zero-order valence-corrected chi connectivity index (χ0v) is 28.6. The minimum atomic E-state index is -0.499. The molecule has 0 bridgehead atoms. The lowest BCUT2D eigenvalue weighted by Crippen LogP contribution is -2.30. The first kappa shape index (κ1) is 33.8. The Labute approximate surface area is 286 Å². The van der Waals surface area contributed by atoms with E-state index in [4.69, 9.17) is 28.7 Å². The number of methoxy groups -OCH3 is 2. The highest BCUT2D eigenvalue weighted by atomic mass is 32.1. The number of nitrogens with one attached hydrogen (secondary N) is 1. The van der Waals surface area contributed by atoms with E-state index in [2.05, 4.69) is 47.8 Å². The molecule has 5 aromatic rings. The van der Waals surface area contributed by atoms with E-state index in [-0.39, 0.29) is 6.61 Å². The zero-order chi connectivity index (χ0) is 33.3. The minimum absolute atomic E-state index is 0.193. The van der Waals surface area contributed by atoms with Crippen LogP contribution in [0.2, 0.25) is 0 Å². The summed E-state index contributed by atoms with van der Waals surface area (Å²) in [6.45, 7) is 5.36. The lowest BCUT2D eigenvalue weighted by molar-refractivity contribution is 0.0491. The number of anilines is 1. The number of nitrogens with zero attached hydrogens (tertiary/aromatic N) is 1. The van der Waals surface area contributed by atoms with Crippen molar-refractivity contribution in [1.29, 1.82) is 0 Å². The van der Waals surface area contributed by atoms with E-state index in [0.29, 0.717) is 45.3 Å². The number of carbonyl (C=O) groups is 1. The number of aromatic nitrogens is 1. The summed E-state index contributed by atoms with van der Waals surface area (Å²) in [6, 6.07) is 29.0. The molecule has 1 aliphatic carbocycles. The lowest BCUT2D eigenvalue weighted by Gasteiger charge is -2.33. The molecule has 8 nitrogen and oxygen atoms in total. The van der Waals surface area contributed by atoms with Crippen LogP contribution in [0.3, 0.4) is 0 Å². The molecule has 0 saturated carbocycles. The Kier molecular flexibility index (Phi) is 11.2. The second kappa shape index (κ2) is 15.9. The van der Waals surface area contributed by atoms with Gasteiger partial charge in [0.25, 0.3) is 0 Å². The van der Waals surface area contributed by atoms with E-state index < -0.39 is 11.5 Å². The van der Waals surface area contributed by atoms with Gasteiger partial charge in [-0.15, -0.1) is 11.3 Å². The molecule has 0 atom stereocenters. The zero-order valence-electron chi connectivity index (χ0n) is 27.8. The van der Waals surface area contributed by atoms with Crippen LogP contribution in [0.15, 0.2) is 84.9 Å². The fourth-order valence-corrected chi connectivity index (χ4v) is 7.30. The summed E-state index contributed by atoms with van der Waals surface area (Å²) in [5.41, 5.74) is 9.02. The average Bonchev–Trinajstić information content (AvgIpc) is 3.65. The molecule has 9 heteroatoms. The van der Waals surface area contributed by atoms with E-state index in [1.165, 1.54) is 5.56 Å². The average molecular weight is 667 g/mol. The lowest BCUT2D eigenvalue weighted by atomic mass is 9.72. The molecule has 6 rings (SSSR count). The molecule has 4 aromatic carbocycles. The van der Waals surface area contributed by atoms with Gasteiger partial charge in [0, 0.05) is 44.1 Å². The number of amides is 1. The maximum atomic E-state index is 12.9. The summed E-state index contributed by atoms with van der Waals surface area (Å²) in [6.07, 6.45) is 0.935. The Balaban J connectivity index is 1.34. The molecule has 250 valence electrons. The number of hydrogen-bond acceptors (Lipinski definition) is 8. The second-order valence-electron chi connectivity index (χ2n) is 12.0. The van der Waals surface area contributed by atoms with Crippen LogP contribution >= 0.6 is 11.3 Å². The summed E-state index contributed by atoms with van der Waals surface area (Å²) in [5.74, 6) is 0. The largest absolute Gasteiger partial charge is 0.444 e. The number of benzene rings is 4. The van der Waals surface area contributed by atoms with Gasteiger partial charge in [-0.25, -0.2) is 9.78 Å². The third-order valence-corrected chi connectivity index (χ3v) is 9.93. The van der Waals surface area contributed by atoms with Crippen LogP contribution in [0.25, 0.3) is 31.9 Å². The molecule has 1 heterocycles. The molecule has 1 amide bonds. The standard InChI is InChI=1S/C39H42N2O6S/c1-27-8-10-28(11-9-27)26-47-38(42)40-30-13-15-32-31-14-12-29(37-41-35-6-4-5-7-36(35)48-37)24-33(31)39(34(32)25-30,16-18-45-22-20-43-2)17-19-46-23-21-44-3/h4-15,24-25H,16-23,26H2,1-3H3,(H,40,42). The van der Waals surface area contributed by atoms with E-state index in [9.17, 15) is 4.79 Å². The molecule has 0 unspecified atom stereocenters. The van der Waals surface area contributed by atoms with E-state index in [1.807, 2.05) is 49.4 Å². The maximum absolute atomic E-state index is 12.9. The van der Waals surface area contributed by atoms with Crippen LogP contribution < -0.4 is 5.32 Å². The van der Waals surface area contributed by atoms with Crippen molar-refractivity contribution in [2.75, 3.05) is 59.2 Å². The van der Waals surface area contributed by atoms with Crippen molar-refractivity contribution in [3.05, 3.63) is 107 Å². The number of fused-ring (bicyclic) bond motifs is 4. The summed E-state index contributed by atoms with van der Waals surface area (Å²) in [5, 5.41) is 3.95. The Hall–Kier alpha value is -4.12. The van der Waals surface area contributed by atoms with Crippen molar-refractivity contribution < 1.29 is 28.5 Å². The van der Waals surface area contributed by atoms with Crippen LogP contribution in [0, 0.1) is 6.92 Å². The first-order valence-electron chi connectivity index (χ1n) is 16.3. The van der Waals surface area contributed by atoms with Gasteiger partial charge in [0.1, 0.15) is 11.6 Å². The molecule has 1 aliphatic rings. The Morgan fingerprint density at radius 2 is 1.44 bits per heavy atom. The van der Waals surface area contributed by atoms with Crippen molar-refractivity contribution >= 4 is 33.3 Å². The second-order valence-corrected chi connectivity index (χ2v) is 13.0. The number of hydrogen-bond donors (Lipinski definition) is 1. The number of para-hydroxylation sites is 1. The smallest absolute Gasteiger partial charge is 0.411 e. The van der Waals surface area contributed by atoms with Gasteiger partial charge < -0.3 is 23.7 Å². The third kappa shape index (κ3) is 7.61. The summed E-state index contributed by atoms with van der Waals surface area (Å²) < 4.78 is 29.4. The number of carbonyl (C=O) groups excluding carboxylic acids is 1. The van der Waals surface area contributed by atoms with E-state index in [1.54, 1.807) is 25.6 Å². The van der Waals surface area contributed by atoms with Gasteiger partial charge in [-0.1, -0.05) is 60.2 Å². The van der Waals surface area contributed by atoms with Crippen molar-refractivity contribution in [2.24, 2.45) is 0 Å². The topological polar surface area (TPSA) is 88.1 Å². The van der Waals surface area contributed by atoms with Gasteiger partial charge in [0.05, 0.1) is 36.6 Å². The summed E-state index contributed by atoms with van der Waals surface area (Å²) >= 11 is 1.70. The van der Waals surface area contributed by atoms with E-state index >= 15 is 0 Å². The first-order chi connectivity index (χ1) is 23.5. The predicted molar refractivity (Wildman–Crippen MR) is 191 cm³/mol. The molecular formula is C39H42N2O6S. The molecular weight excluding hydrogens is 625 g/mol. The van der Waals surface area contributed by atoms with Crippen molar-refractivity contribution in [3.8, 4) is 21.7 Å². The Morgan fingerprint density at radius 1 is 0.771 bits per heavy atom. The van der Waals surface area contributed by atoms with Crippen molar-refractivity contribution in [2.45, 2.75) is 31.8 Å². The fourth-order valence-electron chi connectivity index (χ4n) is 6.33. The molecule has 0 saturated heterocycles. The summed E-state index contributed by atoms with van der Waals surface area (Å²) in [4.78, 5) is 17.9. The van der Waals surface area contributed by atoms with Crippen molar-refractivity contribution in [1.82, 2.24) is 4.98 Å². The van der Waals surface area contributed by atoms with Crippen LogP contribution in [0.5, 0.6) is 0 Å². The Bertz CT molecular complexity index is 1790. The highest BCUT2D eigenvalue weighted by Gasteiger charge is 2.43. The molecule has 0 aliphatic heterocycles. The normalized spacial score (nSPS) is 13.0. The van der Waals surface area contributed by atoms with E-state index in [0.717, 1.165) is 61.4 Å². The van der Waals surface area contributed by atoms with Gasteiger partial charge >= 0.3 is 6.09 Å². The van der Waals surface area contributed by atoms with Gasteiger partial charge in [0.15, 0.2) is 0 Å². The first-order valence-corrected chi connectivity index (χ1v) is 17.1. The summed E-state index contributed by atoms with van der Waals surface area (Å²) in [7, 11) is 3.35. The molecule has 0 spiro atoms. The highest BCUT2D eigenvalue weighted by molar-refractivity contribution is 7.21. The Morgan fingerprint density at radius 3 is 2.12 bits per heavy atom. The predicted octanol–water partition coefficient (Wildman–Crippen LogP) is 8.39. The van der Waals surface area contributed by atoms with Gasteiger partial charge in [-0.3, -0.25) is 5.32 Å². The quantitative estimate of drug-likeness (QED) is 0.106. The molecule has 0 fully saturated rings.